The van der Waals surface area contributed by atoms with E-state index in [2.05, 4.69) is 23.3 Å². The van der Waals surface area contributed by atoms with Crippen molar-refractivity contribution in [1.82, 2.24) is 15.5 Å². The molecule has 4 unspecified atom stereocenters. The van der Waals surface area contributed by atoms with E-state index in [1.807, 2.05) is 0 Å². The van der Waals surface area contributed by atoms with Crippen LogP contribution in [0.25, 0.3) is 0 Å². The molecule has 1 aliphatic rings. The molecule has 1 saturated heterocycles. The first-order valence-corrected chi connectivity index (χ1v) is 10.4. The molecule has 1 heterocycles. The quantitative estimate of drug-likeness (QED) is 0.203. The number of likely N-dealkylation sites (tertiary alicyclic amines) is 1. The van der Waals surface area contributed by atoms with Crippen molar-refractivity contribution in [2.45, 2.75) is 63.7 Å². The number of carbonyl (C=O) groups is 5. The van der Waals surface area contributed by atoms with Gasteiger partial charge < -0.3 is 32.1 Å². The van der Waals surface area contributed by atoms with Crippen LogP contribution in [0.3, 0.4) is 0 Å². The summed E-state index contributed by atoms with van der Waals surface area (Å²) in [6, 6.07) is -3.93. The van der Waals surface area contributed by atoms with Gasteiger partial charge in [-0.15, -0.1) is 0 Å². The van der Waals surface area contributed by atoms with Crippen LogP contribution < -0.4 is 22.1 Å². The second kappa shape index (κ2) is 11.7. The lowest BCUT2D eigenvalue weighted by molar-refractivity contribution is -0.143. The third kappa shape index (κ3) is 7.17. The van der Waals surface area contributed by atoms with Gasteiger partial charge >= 0.3 is 5.97 Å². The van der Waals surface area contributed by atoms with Gasteiger partial charge in [-0.3, -0.25) is 19.2 Å². The van der Waals surface area contributed by atoms with Crippen molar-refractivity contribution < 1.29 is 29.1 Å². The fraction of sp³-hybridized carbons (Fsp3) is 0.722. The second-order valence-electron chi connectivity index (χ2n) is 7.61. The third-order valence-electron chi connectivity index (χ3n) is 4.90. The number of hydrogen-bond donors (Lipinski definition) is 6. The molecule has 1 fully saturated rings. The van der Waals surface area contributed by atoms with Gasteiger partial charge in [-0.05, 0) is 25.2 Å². The molecule has 11 nitrogen and oxygen atoms in total. The zero-order valence-electron chi connectivity index (χ0n) is 17.2. The van der Waals surface area contributed by atoms with E-state index >= 15 is 0 Å². The molecule has 7 N–H and O–H groups in total. The van der Waals surface area contributed by atoms with Crippen LogP contribution >= 0.6 is 12.6 Å². The Labute approximate surface area is 180 Å². The SMILES string of the molecule is CC(C)C(NC(=O)C1CCCN1C(=O)C(N)CCC(N)=O)C(=O)NC(CS)C(=O)O. The van der Waals surface area contributed by atoms with E-state index in [0.717, 1.165) is 0 Å². The van der Waals surface area contributed by atoms with Gasteiger partial charge in [-0.2, -0.15) is 12.6 Å². The molecule has 0 aromatic rings. The molecular formula is C18H31N5O6S. The summed E-state index contributed by atoms with van der Waals surface area (Å²) in [4.78, 5) is 61.3. The van der Waals surface area contributed by atoms with Gasteiger partial charge in [0.25, 0.3) is 0 Å². The molecule has 4 atom stereocenters. The fourth-order valence-corrected chi connectivity index (χ4v) is 3.42. The predicted octanol–water partition coefficient (Wildman–Crippen LogP) is -1.79. The van der Waals surface area contributed by atoms with Crippen molar-refractivity contribution in [3.8, 4) is 0 Å². The number of carboxylic acids is 1. The molecule has 0 bridgehead atoms. The Morgan fingerprint density at radius 1 is 1.20 bits per heavy atom. The molecule has 4 amide bonds. The normalized spacial score (nSPS) is 19.1. The molecule has 0 radical (unpaired) electrons. The maximum atomic E-state index is 12.8. The first-order valence-electron chi connectivity index (χ1n) is 9.78. The van der Waals surface area contributed by atoms with Crippen molar-refractivity contribution in [2.24, 2.45) is 17.4 Å². The number of amides is 4. The molecule has 170 valence electrons. The number of hydrogen-bond acceptors (Lipinski definition) is 7. The van der Waals surface area contributed by atoms with E-state index in [1.54, 1.807) is 13.8 Å². The minimum absolute atomic E-state index is 0.0386. The Morgan fingerprint density at radius 2 is 1.83 bits per heavy atom. The second-order valence-corrected chi connectivity index (χ2v) is 7.98. The van der Waals surface area contributed by atoms with Gasteiger partial charge in [0, 0.05) is 18.7 Å². The van der Waals surface area contributed by atoms with E-state index in [-0.39, 0.29) is 24.5 Å². The highest BCUT2D eigenvalue weighted by molar-refractivity contribution is 7.80. The molecule has 0 aromatic carbocycles. The molecule has 30 heavy (non-hydrogen) atoms. The Hall–Kier alpha value is -2.34. The van der Waals surface area contributed by atoms with E-state index in [4.69, 9.17) is 16.6 Å². The maximum absolute atomic E-state index is 12.8. The van der Waals surface area contributed by atoms with Crippen LogP contribution in [0.1, 0.15) is 39.5 Å². The Bertz CT molecular complexity index is 673. The maximum Gasteiger partial charge on any atom is 0.327 e. The van der Waals surface area contributed by atoms with E-state index in [9.17, 15) is 24.0 Å². The van der Waals surface area contributed by atoms with Crippen LogP contribution in [0.2, 0.25) is 0 Å². The zero-order chi connectivity index (χ0) is 23.0. The first kappa shape index (κ1) is 25.7. The standard InChI is InChI=1S/C18H31N5O6S/c1-9(2)14(16(26)21-11(8-30)18(28)29)22-15(25)12-4-3-7-23(12)17(27)10(19)5-6-13(20)24/h9-12,14,30H,3-8,19H2,1-2H3,(H2,20,24)(H,21,26)(H,22,25)(H,28,29). The van der Waals surface area contributed by atoms with Crippen LogP contribution in [0.4, 0.5) is 0 Å². The van der Waals surface area contributed by atoms with E-state index < -0.39 is 53.8 Å². The topological polar surface area (TPSA) is 185 Å². The summed E-state index contributed by atoms with van der Waals surface area (Å²) in [6.07, 6.45) is 1.03. The first-order chi connectivity index (χ1) is 14.0. The Kier molecular flexibility index (Phi) is 10.1. The van der Waals surface area contributed by atoms with Gasteiger partial charge in [0.05, 0.1) is 6.04 Å². The molecule has 1 rings (SSSR count). The Balaban J connectivity index is 2.83. The van der Waals surface area contributed by atoms with E-state index in [1.165, 1.54) is 4.90 Å². The van der Waals surface area contributed by atoms with Crippen molar-refractivity contribution in [3.05, 3.63) is 0 Å². The van der Waals surface area contributed by atoms with Crippen LogP contribution in [0.15, 0.2) is 0 Å². The van der Waals surface area contributed by atoms with Crippen LogP contribution in [0.5, 0.6) is 0 Å². The lowest BCUT2D eigenvalue weighted by Crippen LogP contribution is -2.58. The molecule has 0 spiro atoms. The highest BCUT2D eigenvalue weighted by Gasteiger charge is 2.38. The van der Waals surface area contributed by atoms with Crippen LogP contribution in [0, 0.1) is 5.92 Å². The van der Waals surface area contributed by atoms with Crippen molar-refractivity contribution in [3.63, 3.8) is 0 Å². The number of nitrogens with one attached hydrogen (secondary N) is 2. The average molecular weight is 446 g/mol. The van der Waals surface area contributed by atoms with Crippen molar-refractivity contribution >= 4 is 42.2 Å². The number of carboxylic acid groups (broad SMARTS) is 1. The summed E-state index contributed by atoms with van der Waals surface area (Å²) in [5, 5.41) is 14.1. The molecular weight excluding hydrogens is 414 g/mol. The van der Waals surface area contributed by atoms with Crippen LogP contribution in [-0.4, -0.2) is 76.1 Å². The van der Waals surface area contributed by atoms with Crippen molar-refractivity contribution in [2.75, 3.05) is 12.3 Å². The summed E-state index contributed by atoms with van der Waals surface area (Å²) >= 11 is 3.91. The minimum atomic E-state index is -1.23. The lowest BCUT2D eigenvalue weighted by atomic mass is 10.0. The van der Waals surface area contributed by atoms with Gasteiger partial charge in [0.1, 0.15) is 18.1 Å². The summed E-state index contributed by atoms with van der Waals surface area (Å²) in [7, 11) is 0. The smallest absolute Gasteiger partial charge is 0.327 e. The number of rotatable bonds is 11. The number of primary amides is 1. The van der Waals surface area contributed by atoms with Gasteiger partial charge in [-0.25, -0.2) is 4.79 Å². The third-order valence-corrected chi connectivity index (χ3v) is 5.27. The van der Waals surface area contributed by atoms with Gasteiger partial charge in [0.2, 0.25) is 23.6 Å². The highest BCUT2D eigenvalue weighted by atomic mass is 32.1. The number of nitrogens with zero attached hydrogens (tertiary/aromatic N) is 1. The number of thiol groups is 1. The summed E-state index contributed by atoms with van der Waals surface area (Å²) in [5.41, 5.74) is 10.9. The summed E-state index contributed by atoms with van der Waals surface area (Å²) in [6.45, 7) is 3.75. The predicted molar refractivity (Wildman–Crippen MR) is 111 cm³/mol. The largest absolute Gasteiger partial charge is 0.480 e. The highest BCUT2D eigenvalue weighted by Crippen LogP contribution is 2.20. The van der Waals surface area contributed by atoms with Gasteiger partial charge in [-0.1, -0.05) is 13.8 Å². The molecule has 1 aliphatic heterocycles. The molecule has 0 aromatic heterocycles. The monoisotopic (exact) mass is 445 g/mol. The van der Waals surface area contributed by atoms with Gasteiger partial charge in [0.15, 0.2) is 0 Å². The molecule has 0 saturated carbocycles. The summed E-state index contributed by atoms with van der Waals surface area (Å²) in [5.74, 6) is -3.85. The minimum Gasteiger partial charge on any atom is -0.480 e. The fourth-order valence-electron chi connectivity index (χ4n) is 3.17. The van der Waals surface area contributed by atoms with Crippen LogP contribution in [-0.2, 0) is 24.0 Å². The number of nitrogens with two attached hydrogens (primary N) is 2. The number of carbonyl (C=O) groups excluding carboxylic acids is 4. The molecule has 0 aliphatic carbocycles. The van der Waals surface area contributed by atoms with E-state index in [0.29, 0.717) is 19.4 Å². The number of aliphatic carboxylic acids is 1. The zero-order valence-corrected chi connectivity index (χ0v) is 18.1. The average Bonchev–Trinajstić information content (AvgIpc) is 3.16. The van der Waals surface area contributed by atoms with Crippen molar-refractivity contribution in [1.29, 1.82) is 0 Å². The Morgan fingerprint density at radius 3 is 2.33 bits per heavy atom. The lowest BCUT2D eigenvalue weighted by Gasteiger charge is -2.29. The molecule has 12 heteroatoms. The summed E-state index contributed by atoms with van der Waals surface area (Å²) < 4.78 is 0.